The van der Waals surface area contributed by atoms with Gasteiger partial charge in [0.1, 0.15) is 0 Å². The first-order valence-corrected chi connectivity index (χ1v) is 8.94. The molecule has 0 aliphatic carbocycles. The Bertz CT molecular complexity index is 778. The van der Waals surface area contributed by atoms with Gasteiger partial charge in [0, 0.05) is 12.2 Å². The summed E-state index contributed by atoms with van der Waals surface area (Å²) in [7, 11) is 0. The lowest BCUT2D eigenvalue weighted by Gasteiger charge is -2.09. The number of aromatic nitrogens is 1. The van der Waals surface area contributed by atoms with Crippen LogP contribution in [0.3, 0.4) is 0 Å². The van der Waals surface area contributed by atoms with E-state index in [1.807, 2.05) is 0 Å². The highest BCUT2D eigenvalue weighted by Crippen LogP contribution is 2.30. The van der Waals surface area contributed by atoms with Gasteiger partial charge in [0.05, 0.1) is 10.2 Å². The van der Waals surface area contributed by atoms with Crippen LogP contribution in [0.25, 0.3) is 10.2 Å². The lowest BCUT2D eigenvalue weighted by atomic mass is 10.1. The summed E-state index contributed by atoms with van der Waals surface area (Å²) in [5.41, 5.74) is 6.23. The molecule has 0 amide bonds. The van der Waals surface area contributed by atoms with E-state index in [0.29, 0.717) is 0 Å². The molecular weight excluding hydrogens is 296 g/mol. The van der Waals surface area contributed by atoms with Crippen LogP contribution in [0.15, 0.2) is 40.7 Å². The minimum atomic E-state index is 0.853. The van der Waals surface area contributed by atoms with Gasteiger partial charge in [-0.3, -0.25) is 0 Å². The van der Waals surface area contributed by atoms with E-state index in [1.54, 1.807) is 23.1 Å². The van der Waals surface area contributed by atoms with Crippen LogP contribution in [0.2, 0.25) is 0 Å². The quantitative estimate of drug-likeness (QED) is 0.666. The number of aryl methyl sites for hydroxylation is 2. The van der Waals surface area contributed by atoms with E-state index in [2.05, 4.69) is 66.8 Å². The van der Waals surface area contributed by atoms with Gasteiger partial charge < -0.3 is 5.32 Å². The van der Waals surface area contributed by atoms with Crippen molar-refractivity contribution in [2.45, 2.75) is 24.7 Å². The van der Waals surface area contributed by atoms with Crippen LogP contribution in [0.5, 0.6) is 0 Å². The van der Waals surface area contributed by atoms with Gasteiger partial charge >= 0.3 is 0 Å². The van der Waals surface area contributed by atoms with Crippen molar-refractivity contribution in [1.29, 1.82) is 0 Å². The Morgan fingerprint density at radius 2 is 2.00 bits per heavy atom. The molecule has 108 valence electrons. The lowest BCUT2D eigenvalue weighted by Crippen LogP contribution is -2.01. The number of thioether (sulfide) groups is 1. The molecule has 4 heteroatoms. The van der Waals surface area contributed by atoms with Crippen molar-refractivity contribution in [3.63, 3.8) is 0 Å². The monoisotopic (exact) mass is 314 g/mol. The highest BCUT2D eigenvalue weighted by Gasteiger charge is 2.04. The molecule has 0 aliphatic rings. The van der Waals surface area contributed by atoms with Gasteiger partial charge in [-0.2, -0.15) is 0 Å². The van der Waals surface area contributed by atoms with Crippen molar-refractivity contribution >= 4 is 39.0 Å². The second-order valence-corrected chi connectivity index (χ2v) is 7.23. The average Bonchev–Trinajstić information content (AvgIpc) is 2.88. The van der Waals surface area contributed by atoms with Crippen molar-refractivity contribution in [3.05, 3.63) is 53.1 Å². The fourth-order valence-electron chi connectivity index (χ4n) is 2.34. The molecule has 0 radical (unpaired) electrons. The first kappa shape index (κ1) is 14.4. The molecule has 0 saturated heterocycles. The maximum atomic E-state index is 4.57. The second kappa shape index (κ2) is 6.08. The molecule has 3 rings (SSSR count). The predicted molar refractivity (Wildman–Crippen MR) is 94.6 cm³/mol. The van der Waals surface area contributed by atoms with Gasteiger partial charge in [-0.15, -0.1) is 11.3 Å². The van der Waals surface area contributed by atoms with Crippen LogP contribution >= 0.6 is 23.1 Å². The third kappa shape index (κ3) is 3.22. The van der Waals surface area contributed by atoms with Crippen LogP contribution in [0.4, 0.5) is 5.69 Å². The topological polar surface area (TPSA) is 24.9 Å². The maximum absolute atomic E-state index is 4.57. The number of hydrogen-bond donors (Lipinski definition) is 1. The van der Waals surface area contributed by atoms with Gasteiger partial charge in [-0.25, -0.2) is 4.98 Å². The Hall–Kier alpha value is -1.52. The number of anilines is 1. The van der Waals surface area contributed by atoms with Crippen LogP contribution in [0.1, 0.15) is 16.7 Å². The Morgan fingerprint density at radius 3 is 2.76 bits per heavy atom. The number of rotatable bonds is 4. The highest BCUT2D eigenvalue weighted by atomic mass is 32.2. The summed E-state index contributed by atoms with van der Waals surface area (Å²) < 4.78 is 2.36. The third-order valence-corrected chi connectivity index (χ3v) is 5.53. The largest absolute Gasteiger partial charge is 0.381 e. The van der Waals surface area contributed by atoms with E-state index in [4.69, 9.17) is 0 Å². The van der Waals surface area contributed by atoms with Crippen LogP contribution < -0.4 is 5.32 Å². The molecule has 0 spiro atoms. The Kier molecular flexibility index (Phi) is 4.17. The maximum Gasteiger partial charge on any atom is 0.150 e. The van der Waals surface area contributed by atoms with Crippen molar-refractivity contribution in [1.82, 2.24) is 4.98 Å². The van der Waals surface area contributed by atoms with Gasteiger partial charge in [0.15, 0.2) is 4.34 Å². The summed E-state index contributed by atoms with van der Waals surface area (Å²) >= 11 is 3.45. The zero-order valence-electron chi connectivity index (χ0n) is 12.4. The minimum absolute atomic E-state index is 0.853. The van der Waals surface area contributed by atoms with Gasteiger partial charge in [-0.1, -0.05) is 35.5 Å². The summed E-state index contributed by atoms with van der Waals surface area (Å²) in [4.78, 5) is 4.57. The number of benzene rings is 2. The summed E-state index contributed by atoms with van der Waals surface area (Å²) in [6, 6.07) is 13.0. The number of thiazole rings is 1. The van der Waals surface area contributed by atoms with Crippen LogP contribution in [-0.4, -0.2) is 11.2 Å². The molecule has 21 heavy (non-hydrogen) atoms. The number of fused-ring (bicyclic) bond motifs is 1. The van der Waals surface area contributed by atoms with E-state index in [0.717, 1.165) is 22.1 Å². The van der Waals surface area contributed by atoms with Gasteiger partial charge in [-0.05, 0) is 49.4 Å². The zero-order chi connectivity index (χ0) is 14.8. The minimum Gasteiger partial charge on any atom is -0.381 e. The molecule has 0 saturated carbocycles. The van der Waals surface area contributed by atoms with E-state index >= 15 is 0 Å². The normalized spacial score (nSPS) is 11.0. The van der Waals surface area contributed by atoms with Crippen molar-refractivity contribution in [2.75, 3.05) is 11.6 Å². The summed E-state index contributed by atoms with van der Waals surface area (Å²) in [5.74, 6) is 0. The Morgan fingerprint density at radius 1 is 1.14 bits per heavy atom. The molecule has 0 atom stereocenters. The molecule has 1 heterocycles. The molecule has 0 aliphatic heterocycles. The molecule has 0 unspecified atom stereocenters. The van der Waals surface area contributed by atoms with E-state index in [9.17, 15) is 0 Å². The molecule has 1 N–H and O–H groups in total. The Labute approximate surface area is 133 Å². The van der Waals surface area contributed by atoms with Crippen molar-refractivity contribution in [2.24, 2.45) is 0 Å². The van der Waals surface area contributed by atoms with E-state index in [1.165, 1.54) is 21.4 Å². The number of nitrogens with one attached hydrogen (secondary N) is 1. The van der Waals surface area contributed by atoms with Gasteiger partial charge in [0.25, 0.3) is 0 Å². The van der Waals surface area contributed by atoms with E-state index < -0.39 is 0 Å². The second-order valence-electron chi connectivity index (χ2n) is 5.15. The summed E-state index contributed by atoms with van der Waals surface area (Å²) in [5, 5.41) is 3.51. The molecule has 0 fully saturated rings. The summed E-state index contributed by atoms with van der Waals surface area (Å²) in [6.07, 6.45) is 2.07. The van der Waals surface area contributed by atoms with Crippen molar-refractivity contribution in [3.8, 4) is 0 Å². The molecular formula is C17H18N2S2. The third-order valence-electron chi connectivity index (χ3n) is 3.52. The molecule has 0 bridgehead atoms. The first-order valence-electron chi connectivity index (χ1n) is 6.90. The molecule has 2 nitrogen and oxygen atoms in total. The van der Waals surface area contributed by atoms with Crippen molar-refractivity contribution < 1.29 is 0 Å². The SMILES string of the molecule is CSc1nc2ccc(NCc3ccc(C)cc3C)cc2s1. The predicted octanol–water partition coefficient (Wildman–Crippen LogP) is 5.25. The molecule has 3 aromatic rings. The Balaban J connectivity index is 1.78. The van der Waals surface area contributed by atoms with Crippen LogP contribution in [0, 0.1) is 13.8 Å². The standard InChI is InChI=1S/C17H18N2S2/c1-11-4-5-13(12(2)8-11)10-18-14-6-7-15-16(9-14)21-17(19-15)20-3/h4-9,18H,10H2,1-3H3. The lowest BCUT2D eigenvalue weighted by molar-refractivity contribution is 1.11. The zero-order valence-corrected chi connectivity index (χ0v) is 14.1. The summed E-state index contributed by atoms with van der Waals surface area (Å²) in [6.45, 7) is 5.15. The average molecular weight is 314 g/mol. The number of hydrogen-bond acceptors (Lipinski definition) is 4. The van der Waals surface area contributed by atoms with Crippen LogP contribution in [-0.2, 0) is 6.54 Å². The van der Waals surface area contributed by atoms with E-state index in [-0.39, 0.29) is 0 Å². The smallest absolute Gasteiger partial charge is 0.150 e. The fourth-order valence-corrected chi connectivity index (χ4v) is 3.87. The molecule has 1 aromatic heterocycles. The van der Waals surface area contributed by atoms with Gasteiger partial charge in [0.2, 0.25) is 0 Å². The fraction of sp³-hybridized carbons (Fsp3) is 0.235. The first-order chi connectivity index (χ1) is 10.2. The number of nitrogens with zero attached hydrogens (tertiary/aromatic N) is 1. The highest BCUT2D eigenvalue weighted by molar-refractivity contribution is 8.00. The molecule has 2 aromatic carbocycles.